The Balaban J connectivity index is 1.58. The number of methoxy groups -OCH3 is 1. The highest BCUT2D eigenvalue weighted by Crippen LogP contribution is 2.26. The fraction of sp³-hybridized carbons (Fsp3) is 0.429. The lowest BCUT2D eigenvalue weighted by Crippen LogP contribution is -2.43. The molecule has 13 nitrogen and oxygen atoms in total. The maximum atomic E-state index is 13.0. The number of aromatic amines is 1. The standard InChI is InChI=1S/C28H37N5O8/c1-33-27(35)25(24(19-31-33)41-17-16-40-15-14-39-13-12-38-11-9-29)21-7-5-20(6-8-21)18-23(28(36)37-2)32-26(34)22-4-3-10-30-22/h3-8,10,19,23,30H,9,11-18,29H2,1-2H3,(H,32,34). The molecule has 1 amide bonds. The molecule has 3 aromatic rings. The molecule has 2 heterocycles. The van der Waals surface area contributed by atoms with Crippen LogP contribution in [0.5, 0.6) is 5.75 Å². The summed E-state index contributed by atoms with van der Waals surface area (Å²) in [6, 6.07) is 9.46. The molecule has 13 heteroatoms. The largest absolute Gasteiger partial charge is 0.489 e. The fourth-order valence-corrected chi connectivity index (χ4v) is 3.82. The Morgan fingerprint density at radius 2 is 1.66 bits per heavy atom. The number of carbonyl (C=O) groups is 2. The van der Waals surface area contributed by atoms with Crippen LogP contribution in [0.4, 0.5) is 0 Å². The lowest BCUT2D eigenvalue weighted by molar-refractivity contribution is -0.142. The first-order chi connectivity index (χ1) is 19.9. The molecule has 222 valence electrons. The molecule has 0 aliphatic carbocycles. The molecule has 0 radical (unpaired) electrons. The third-order valence-corrected chi connectivity index (χ3v) is 5.91. The number of hydrogen-bond acceptors (Lipinski definition) is 10. The van der Waals surface area contributed by atoms with Gasteiger partial charge in [-0.05, 0) is 23.3 Å². The zero-order valence-electron chi connectivity index (χ0n) is 23.3. The topological polar surface area (TPSA) is 169 Å². The van der Waals surface area contributed by atoms with Crippen LogP contribution < -0.4 is 21.3 Å². The summed E-state index contributed by atoms with van der Waals surface area (Å²) in [6.45, 7) is 3.25. The second-order valence-corrected chi connectivity index (χ2v) is 8.82. The number of amides is 1. The number of nitrogens with one attached hydrogen (secondary N) is 2. The number of nitrogens with two attached hydrogens (primary N) is 1. The molecular weight excluding hydrogens is 534 g/mol. The van der Waals surface area contributed by atoms with E-state index in [1.165, 1.54) is 18.0 Å². The molecule has 1 atom stereocenters. The predicted molar refractivity (Wildman–Crippen MR) is 150 cm³/mol. The van der Waals surface area contributed by atoms with Gasteiger partial charge in [-0.3, -0.25) is 9.59 Å². The Hall–Kier alpha value is -4.04. The van der Waals surface area contributed by atoms with Gasteiger partial charge in [-0.1, -0.05) is 24.3 Å². The molecular formula is C28H37N5O8. The molecule has 4 N–H and O–H groups in total. The van der Waals surface area contributed by atoms with E-state index in [0.717, 1.165) is 5.56 Å². The van der Waals surface area contributed by atoms with Crippen molar-refractivity contribution in [2.45, 2.75) is 12.5 Å². The van der Waals surface area contributed by atoms with E-state index in [1.807, 2.05) is 0 Å². The Morgan fingerprint density at radius 3 is 2.27 bits per heavy atom. The van der Waals surface area contributed by atoms with E-state index >= 15 is 0 Å². The molecule has 1 unspecified atom stereocenters. The maximum absolute atomic E-state index is 13.0. The summed E-state index contributed by atoms with van der Waals surface area (Å²) in [7, 11) is 2.82. The molecule has 0 bridgehead atoms. The first kappa shape index (κ1) is 31.5. The second kappa shape index (κ2) is 16.9. The first-order valence-electron chi connectivity index (χ1n) is 13.2. The zero-order chi connectivity index (χ0) is 29.5. The number of hydrogen-bond donors (Lipinski definition) is 3. The summed E-state index contributed by atoms with van der Waals surface area (Å²) in [4.78, 5) is 40.6. The van der Waals surface area contributed by atoms with Crippen LogP contribution >= 0.6 is 0 Å². The third-order valence-electron chi connectivity index (χ3n) is 5.91. The molecule has 1 aromatic carbocycles. The molecule has 0 spiro atoms. The monoisotopic (exact) mass is 571 g/mol. The van der Waals surface area contributed by atoms with Gasteiger partial charge in [-0.2, -0.15) is 5.10 Å². The van der Waals surface area contributed by atoms with Crippen LogP contribution in [0.3, 0.4) is 0 Å². The summed E-state index contributed by atoms with van der Waals surface area (Å²) >= 11 is 0. The predicted octanol–water partition coefficient (Wildman–Crippen LogP) is 0.677. The zero-order valence-corrected chi connectivity index (χ0v) is 23.3. The molecule has 0 fully saturated rings. The second-order valence-electron chi connectivity index (χ2n) is 8.82. The highest BCUT2D eigenvalue weighted by atomic mass is 16.6. The average molecular weight is 572 g/mol. The van der Waals surface area contributed by atoms with Crippen LogP contribution in [-0.2, 0) is 37.2 Å². The van der Waals surface area contributed by atoms with E-state index in [9.17, 15) is 14.4 Å². The van der Waals surface area contributed by atoms with Gasteiger partial charge in [0.2, 0.25) is 0 Å². The average Bonchev–Trinajstić information content (AvgIpc) is 3.53. The number of ether oxygens (including phenoxy) is 5. The van der Waals surface area contributed by atoms with E-state index in [-0.39, 0.29) is 18.6 Å². The van der Waals surface area contributed by atoms with Gasteiger partial charge < -0.3 is 39.7 Å². The van der Waals surface area contributed by atoms with Crippen molar-refractivity contribution in [3.05, 3.63) is 70.4 Å². The number of aryl methyl sites for hydroxylation is 1. The highest BCUT2D eigenvalue weighted by molar-refractivity contribution is 5.95. The summed E-state index contributed by atoms with van der Waals surface area (Å²) in [5, 5.41) is 6.76. The van der Waals surface area contributed by atoms with E-state index in [0.29, 0.717) is 68.8 Å². The van der Waals surface area contributed by atoms with Crippen molar-refractivity contribution in [1.29, 1.82) is 0 Å². The molecule has 0 aliphatic rings. The van der Waals surface area contributed by atoms with Gasteiger partial charge in [0.05, 0.1) is 58.5 Å². The number of aromatic nitrogens is 3. The van der Waals surface area contributed by atoms with Gasteiger partial charge in [0.15, 0.2) is 5.75 Å². The molecule has 2 aromatic heterocycles. The Bertz CT molecular complexity index is 1280. The van der Waals surface area contributed by atoms with Gasteiger partial charge >= 0.3 is 5.97 Å². The SMILES string of the molecule is COC(=O)C(Cc1ccc(-c2c(OCCOCCOCCOCCN)cnn(C)c2=O)cc1)NC(=O)c1ccc[nH]1. The van der Waals surface area contributed by atoms with Crippen LogP contribution in [0.15, 0.2) is 53.6 Å². The number of nitrogens with zero attached hydrogens (tertiary/aromatic N) is 2. The first-order valence-corrected chi connectivity index (χ1v) is 13.2. The minimum Gasteiger partial charge on any atom is -0.489 e. The number of benzene rings is 1. The van der Waals surface area contributed by atoms with E-state index < -0.39 is 17.9 Å². The van der Waals surface area contributed by atoms with Crippen molar-refractivity contribution in [2.24, 2.45) is 12.8 Å². The van der Waals surface area contributed by atoms with Gasteiger partial charge in [-0.25, -0.2) is 9.48 Å². The van der Waals surface area contributed by atoms with Crippen molar-refractivity contribution >= 4 is 11.9 Å². The molecule has 0 aliphatic heterocycles. The summed E-state index contributed by atoms with van der Waals surface area (Å²) in [5.74, 6) is -0.671. The van der Waals surface area contributed by atoms with Crippen LogP contribution in [-0.4, -0.2) is 92.6 Å². The Kier molecular flexibility index (Phi) is 13.0. The number of esters is 1. The number of carbonyl (C=O) groups excluding carboxylic acids is 2. The summed E-state index contributed by atoms with van der Waals surface area (Å²) in [6.07, 6.45) is 3.30. The summed E-state index contributed by atoms with van der Waals surface area (Å²) in [5.41, 5.74) is 7.07. The van der Waals surface area contributed by atoms with Crippen molar-refractivity contribution in [2.75, 3.05) is 59.9 Å². The smallest absolute Gasteiger partial charge is 0.328 e. The normalized spacial score (nSPS) is 11.7. The molecule has 0 saturated carbocycles. The third kappa shape index (κ3) is 9.83. The molecule has 41 heavy (non-hydrogen) atoms. The molecule has 3 rings (SSSR count). The van der Waals surface area contributed by atoms with Gasteiger partial charge in [0.25, 0.3) is 11.5 Å². The minimum atomic E-state index is -0.899. The van der Waals surface area contributed by atoms with Gasteiger partial charge in [0, 0.05) is 26.2 Å². The van der Waals surface area contributed by atoms with E-state index in [1.54, 1.807) is 49.6 Å². The maximum Gasteiger partial charge on any atom is 0.328 e. The Morgan fingerprint density at radius 1 is 1.00 bits per heavy atom. The highest BCUT2D eigenvalue weighted by Gasteiger charge is 2.23. The lowest BCUT2D eigenvalue weighted by Gasteiger charge is -2.17. The summed E-state index contributed by atoms with van der Waals surface area (Å²) < 4.78 is 28.1. The van der Waals surface area contributed by atoms with Crippen LogP contribution in [0.2, 0.25) is 0 Å². The van der Waals surface area contributed by atoms with Crippen molar-refractivity contribution in [3.8, 4) is 16.9 Å². The van der Waals surface area contributed by atoms with Gasteiger partial charge in [-0.15, -0.1) is 0 Å². The number of rotatable bonds is 18. The minimum absolute atomic E-state index is 0.193. The van der Waals surface area contributed by atoms with E-state index in [2.05, 4.69) is 15.4 Å². The van der Waals surface area contributed by atoms with Crippen molar-refractivity contribution in [1.82, 2.24) is 20.1 Å². The van der Waals surface area contributed by atoms with E-state index in [4.69, 9.17) is 29.4 Å². The Labute approximate surface area is 237 Å². The molecule has 0 saturated heterocycles. The van der Waals surface area contributed by atoms with Crippen LogP contribution in [0.1, 0.15) is 16.1 Å². The quantitative estimate of drug-likeness (QED) is 0.146. The van der Waals surface area contributed by atoms with Crippen molar-refractivity contribution < 1.29 is 33.3 Å². The van der Waals surface area contributed by atoms with Crippen LogP contribution in [0.25, 0.3) is 11.1 Å². The van der Waals surface area contributed by atoms with Crippen molar-refractivity contribution in [3.63, 3.8) is 0 Å². The number of H-pyrrole nitrogens is 1. The fourth-order valence-electron chi connectivity index (χ4n) is 3.82. The lowest BCUT2D eigenvalue weighted by atomic mass is 10.0. The van der Waals surface area contributed by atoms with Crippen LogP contribution in [0, 0.1) is 0 Å². The van der Waals surface area contributed by atoms with Gasteiger partial charge in [0.1, 0.15) is 18.3 Å².